The Bertz CT molecular complexity index is 76.0. The fourth-order valence-electron chi connectivity index (χ4n) is 0.914. The minimum Gasteiger partial charge on any atom is -0.380 e. The van der Waals surface area contributed by atoms with Crippen LogP contribution in [0.4, 0.5) is 0 Å². The van der Waals surface area contributed by atoms with E-state index in [0.717, 1.165) is 12.8 Å². The number of nitrogens with two attached hydrogens (primary N) is 2. The second-order valence-electron chi connectivity index (χ2n) is 2.56. The zero-order valence-electron chi connectivity index (χ0n) is 6.84. The van der Waals surface area contributed by atoms with Gasteiger partial charge < -0.3 is 16.2 Å². The topological polar surface area (TPSA) is 61.3 Å². The second-order valence-corrected chi connectivity index (χ2v) is 2.56. The lowest BCUT2D eigenvalue weighted by Gasteiger charge is -2.18. The highest BCUT2D eigenvalue weighted by atomic mass is 16.5. The summed E-state index contributed by atoms with van der Waals surface area (Å²) in [7, 11) is 1.69. The third-order valence-corrected chi connectivity index (χ3v) is 1.58. The zero-order chi connectivity index (χ0) is 7.98. The van der Waals surface area contributed by atoms with Crippen LogP contribution in [0.25, 0.3) is 0 Å². The van der Waals surface area contributed by atoms with Crippen LogP contribution in [0.5, 0.6) is 0 Å². The highest BCUT2D eigenvalue weighted by Crippen LogP contribution is 2.02. The summed E-state index contributed by atoms with van der Waals surface area (Å²) in [5.74, 6) is 0. The van der Waals surface area contributed by atoms with Crippen molar-refractivity contribution in [1.82, 2.24) is 0 Å². The summed E-state index contributed by atoms with van der Waals surface area (Å²) in [6.45, 7) is 2.66. The summed E-state index contributed by atoms with van der Waals surface area (Å²) in [6.07, 6.45) is 2.12. The van der Waals surface area contributed by atoms with E-state index in [2.05, 4.69) is 0 Å². The van der Waals surface area contributed by atoms with Gasteiger partial charge in [0.05, 0.1) is 6.10 Å². The quantitative estimate of drug-likeness (QED) is 0.577. The van der Waals surface area contributed by atoms with Crippen molar-refractivity contribution in [3.05, 3.63) is 0 Å². The molecule has 0 aromatic heterocycles. The summed E-state index contributed by atoms with van der Waals surface area (Å²) in [6, 6.07) is 0.108. The maximum Gasteiger partial charge on any atom is 0.0719 e. The molecule has 0 fully saturated rings. The Morgan fingerprint density at radius 2 is 2.10 bits per heavy atom. The highest BCUT2D eigenvalue weighted by molar-refractivity contribution is 4.67. The predicted molar refractivity (Wildman–Crippen MR) is 42.7 cm³/mol. The Kier molecular flexibility index (Phi) is 5.58. The molecule has 0 aromatic carbocycles. The molecule has 0 rings (SSSR count). The minimum absolute atomic E-state index is 0.108. The molecule has 0 aliphatic carbocycles. The van der Waals surface area contributed by atoms with Gasteiger partial charge in [-0.2, -0.15) is 0 Å². The van der Waals surface area contributed by atoms with Crippen LogP contribution in [-0.4, -0.2) is 25.8 Å². The van der Waals surface area contributed by atoms with Crippen molar-refractivity contribution in [3.63, 3.8) is 0 Å². The molecule has 3 heteroatoms. The fraction of sp³-hybridized carbons (Fsp3) is 1.00. The van der Waals surface area contributed by atoms with Crippen LogP contribution in [0.1, 0.15) is 19.8 Å². The van der Waals surface area contributed by atoms with Crippen molar-refractivity contribution in [1.29, 1.82) is 0 Å². The Labute approximate surface area is 62.7 Å². The van der Waals surface area contributed by atoms with E-state index in [1.54, 1.807) is 7.11 Å². The van der Waals surface area contributed by atoms with Gasteiger partial charge in [-0.3, -0.25) is 0 Å². The maximum absolute atomic E-state index is 5.62. The van der Waals surface area contributed by atoms with Crippen LogP contribution < -0.4 is 11.5 Å². The molecule has 0 aromatic rings. The van der Waals surface area contributed by atoms with Crippen molar-refractivity contribution in [3.8, 4) is 0 Å². The normalized spacial score (nSPS) is 16.8. The molecule has 0 saturated heterocycles. The third kappa shape index (κ3) is 3.82. The van der Waals surface area contributed by atoms with Gasteiger partial charge in [0.2, 0.25) is 0 Å². The molecule has 0 heterocycles. The van der Waals surface area contributed by atoms with Crippen LogP contribution in [0.15, 0.2) is 0 Å². The molecule has 0 aliphatic heterocycles. The van der Waals surface area contributed by atoms with E-state index < -0.39 is 0 Å². The molecule has 0 amide bonds. The predicted octanol–water partition coefficient (Wildman–Crippen LogP) is 0.0875. The molecule has 4 N–H and O–H groups in total. The Morgan fingerprint density at radius 1 is 1.50 bits per heavy atom. The van der Waals surface area contributed by atoms with Crippen LogP contribution in [0, 0.1) is 0 Å². The molecule has 10 heavy (non-hydrogen) atoms. The number of rotatable bonds is 5. The summed E-state index contributed by atoms with van der Waals surface area (Å²) in [5.41, 5.74) is 11.0. The fourth-order valence-corrected chi connectivity index (χ4v) is 0.914. The van der Waals surface area contributed by atoms with E-state index >= 15 is 0 Å². The van der Waals surface area contributed by atoms with Crippen molar-refractivity contribution in [2.45, 2.75) is 31.9 Å². The molecule has 0 bridgehead atoms. The van der Waals surface area contributed by atoms with Crippen LogP contribution >= 0.6 is 0 Å². The maximum atomic E-state index is 5.62. The van der Waals surface area contributed by atoms with Gasteiger partial charge in [-0.25, -0.2) is 0 Å². The summed E-state index contributed by atoms with van der Waals surface area (Å²) in [5, 5.41) is 0. The van der Waals surface area contributed by atoms with Crippen molar-refractivity contribution in [2.75, 3.05) is 13.7 Å². The van der Waals surface area contributed by atoms with E-state index in [-0.39, 0.29) is 12.1 Å². The average Bonchev–Trinajstić information content (AvgIpc) is 1.89. The number of hydrogen-bond acceptors (Lipinski definition) is 3. The first kappa shape index (κ1) is 9.88. The molecule has 0 saturated carbocycles. The first-order chi connectivity index (χ1) is 4.72. The molecule has 3 nitrogen and oxygen atoms in total. The van der Waals surface area contributed by atoms with E-state index in [9.17, 15) is 0 Å². The molecule has 2 atom stereocenters. The lowest BCUT2D eigenvalue weighted by molar-refractivity contribution is 0.0769. The van der Waals surface area contributed by atoms with E-state index in [1.807, 2.05) is 6.92 Å². The van der Waals surface area contributed by atoms with Crippen LogP contribution in [0.3, 0.4) is 0 Å². The standard InChI is InChI=1S/C7H18N2O/c1-6(9)7(10-2)4-3-5-8/h6-7H,3-5,8-9H2,1-2H3. The molecule has 0 spiro atoms. The Balaban J connectivity index is 3.40. The molecule has 0 radical (unpaired) electrons. The average molecular weight is 146 g/mol. The molecule has 0 aliphatic rings. The Morgan fingerprint density at radius 3 is 2.40 bits per heavy atom. The first-order valence-corrected chi connectivity index (χ1v) is 3.70. The van der Waals surface area contributed by atoms with Crippen molar-refractivity contribution >= 4 is 0 Å². The van der Waals surface area contributed by atoms with Crippen LogP contribution in [-0.2, 0) is 4.74 Å². The lowest BCUT2D eigenvalue weighted by Crippen LogP contribution is -2.33. The number of hydrogen-bond donors (Lipinski definition) is 2. The number of ether oxygens (including phenoxy) is 1. The van der Waals surface area contributed by atoms with Crippen molar-refractivity contribution < 1.29 is 4.74 Å². The van der Waals surface area contributed by atoms with Gasteiger partial charge in [0.25, 0.3) is 0 Å². The summed E-state index contributed by atoms with van der Waals surface area (Å²) in [4.78, 5) is 0. The molecular formula is C7H18N2O. The molecular weight excluding hydrogens is 128 g/mol. The smallest absolute Gasteiger partial charge is 0.0719 e. The van der Waals surface area contributed by atoms with Gasteiger partial charge in [-0.15, -0.1) is 0 Å². The van der Waals surface area contributed by atoms with E-state index in [1.165, 1.54) is 0 Å². The first-order valence-electron chi connectivity index (χ1n) is 3.70. The number of methoxy groups -OCH3 is 1. The molecule has 2 unspecified atom stereocenters. The van der Waals surface area contributed by atoms with Gasteiger partial charge in [0.1, 0.15) is 0 Å². The third-order valence-electron chi connectivity index (χ3n) is 1.58. The van der Waals surface area contributed by atoms with E-state index in [4.69, 9.17) is 16.2 Å². The second kappa shape index (κ2) is 5.65. The van der Waals surface area contributed by atoms with Gasteiger partial charge in [-0.05, 0) is 26.3 Å². The zero-order valence-corrected chi connectivity index (χ0v) is 6.84. The lowest BCUT2D eigenvalue weighted by atomic mass is 10.1. The minimum atomic E-state index is 0.108. The van der Waals surface area contributed by atoms with Crippen LogP contribution in [0.2, 0.25) is 0 Å². The monoisotopic (exact) mass is 146 g/mol. The molecule has 62 valence electrons. The summed E-state index contributed by atoms with van der Waals surface area (Å²) >= 11 is 0. The van der Waals surface area contributed by atoms with Crippen molar-refractivity contribution in [2.24, 2.45) is 11.5 Å². The SMILES string of the molecule is COC(CCCN)C(C)N. The largest absolute Gasteiger partial charge is 0.380 e. The van der Waals surface area contributed by atoms with Gasteiger partial charge in [-0.1, -0.05) is 0 Å². The van der Waals surface area contributed by atoms with Gasteiger partial charge in [0, 0.05) is 13.2 Å². The highest BCUT2D eigenvalue weighted by Gasteiger charge is 2.10. The Hall–Kier alpha value is -0.120. The van der Waals surface area contributed by atoms with Gasteiger partial charge >= 0.3 is 0 Å². The summed E-state index contributed by atoms with van der Waals surface area (Å²) < 4.78 is 5.13. The van der Waals surface area contributed by atoms with E-state index in [0.29, 0.717) is 6.54 Å². The van der Waals surface area contributed by atoms with Gasteiger partial charge in [0.15, 0.2) is 0 Å².